The van der Waals surface area contributed by atoms with E-state index in [1.54, 1.807) is 7.05 Å². The first-order valence-electron chi connectivity index (χ1n) is 2.16. The molecule has 0 rings (SSSR count). The molecule has 0 amide bonds. The highest BCUT2D eigenvalue weighted by Crippen LogP contribution is 1.82. The summed E-state index contributed by atoms with van der Waals surface area (Å²) in [7, 11) is 1.55. The Balaban J connectivity index is 3.40. The Bertz CT molecular complexity index is 142. The van der Waals surface area contributed by atoms with Crippen LogP contribution in [0.4, 0.5) is 0 Å². The molecule has 0 radical (unpaired) electrons. The van der Waals surface area contributed by atoms with E-state index in [1.165, 1.54) is 5.06 Å². The standard InChI is InChI=1S/C4H8N2O2S/c1-3-4-6(2)8-9(5)7/h1H,4-5H2,2H3. The summed E-state index contributed by atoms with van der Waals surface area (Å²) in [5.41, 5.74) is 0. The average Bonchev–Trinajstić information content (AvgIpc) is 1.63. The van der Waals surface area contributed by atoms with E-state index in [1.807, 2.05) is 0 Å². The SMILES string of the molecule is C#CCN(C)OS(N)=O. The van der Waals surface area contributed by atoms with Crippen molar-refractivity contribution in [2.75, 3.05) is 13.6 Å². The minimum absolute atomic E-state index is 0.267. The maximum atomic E-state index is 10.1. The van der Waals surface area contributed by atoms with Gasteiger partial charge < -0.3 is 0 Å². The van der Waals surface area contributed by atoms with Crippen molar-refractivity contribution >= 4 is 11.3 Å². The highest BCUT2D eigenvalue weighted by atomic mass is 32.2. The van der Waals surface area contributed by atoms with Gasteiger partial charge in [-0.15, -0.1) is 6.42 Å². The number of terminal acetylenes is 1. The van der Waals surface area contributed by atoms with Crippen molar-refractivity contribution in [2.24, 2.45) is 5.14 Å². The predicted octanol–water partition coefficient (Wildman–Crippen LogP) is -0.980. The lowest BCUT2D eigenvalue weighted by molar-refractivity contribution is -0.00146. The predicted molar refractivity (Wildman–Crippen MR) is 34.9 cm³/mol. The topological polar surface area (TPSA) is 55.6 Å². The zero-order chi connectivity index (χ0) is 7.28. The minimum atomic E-state index is -1.77. The molecule has 1 atom stereocenters. The molecule has 5 heteroatoms. The summed E-state index contributed by atoms with van der Waals surface area (Å²) in [5.74, 6) is 2.28. The van der Waals surface area contributed by atoms with Crippen LogP contribution < -0.4 is 5.14 Å². The van der Waals surface area contributed by atoms with Gasteiger partial charge in [0.2, 0.25) is 11.3 Å². The van der Waals surface area contributed by atoms with Crippen molar-refractivity contribution in [1.82, 2.24) is 5.06 Å². The smallest absolute Gasteiger partial charge is 0.227 e. The summed E-state index contributed by atoms with van der Waals surface area (Å²) < 4.78 is 14.5. The largest absolute Gasteiger partial charge is 0.249 e. The van der Waals surface area contributed by atoms with Crippen LogP contribution in [0.25, 0.3) is 0 Å². The minimum Gasteiger partial charge on any atom is -0.227 e. The van der Waals surface area contributed by atoms with Crippen molar-refractivity contribution in [3.63, 3.8) is 0 Å². The Morgan fingerprint density at radius 1 is 2.00 bits per heavy atom. The Labute approximate surface area is 56.7 Å². The van der Waals surface area contributed by atoms with Crippen LogP contribution in [0, 0.1) is 12.3 Å². The third kappa shape index (κ3) is 5.46. The van der Waals surface area contributed by atoms with Crippen LogP contribution in [0.15, 0.2) is 0 Å². The molecule has 0 heterocycles. The molecule has 0 aromatic heterocycles. The molecular weight excluding hydrogens is 140 g/mol. The molecule has 0 saturated carbocycles. The van der Waals surface area contributed by atoms with Gasteiger partial charge in [0.25, 0.3) is 0 Å². The second kappa shape index (κ2) is 4.47. The highest BCUT2D eigenvalue weighted by molar-refractivity contribution is 7.77. The molecular formula is C4H8N2O2S. The number of nitrogens with two attached hydrogens (primary N) is 1. The van der Waals surface area contributed by atoms with Gasteiger partial charge in [0.15, 0.2) is 0 Å². The van der Waals surface area contributed by atoms with E-state index in [4.69, 9.17) is 11.6 Å². The summed E-state index contributed by atoms with van der Waals surface area (Å²) in [5, 5.41) is 5.98. The third-order valence-electron chi connectivity index (χ3n) is 0.515. The molecule has 0 spiro atoms. The van der Waals surface area contributed by atoms with Crippen molar-refractivity contribution in [3.8, 4) is 12.3 Å². The summed E-state index contributed by atoms with van der Waals surface area (Å²) in [4.78, 5) is 0. The van der Waals surface area contributed by atoms with E-state index in [2.05, 4.69) is 10.2 Å². The Morgan fingerprint density at radius 2 is 2.56 bits per heavy atom. The maximum absolute atomic E-state index is 10.1. The first-order valence-corrected chi connectivity index (χ1v) is 3.30. The summed E-state index contributed by atoms with van der Waals surface area (Å²) in [6.45, 7) is 0.267. The molecule has 0 aliphatic heterocycles. The van der Waals surface area contributed by atoms with E-state index in [0.29, 0.717) is 0 Å². The van der Waals surface area contributed by atoms with Crippen LogP contribution in [-0.2, 0) is 15.6 Å². The van der Waals surface area contributed by atoms with E-state index in [0.717, 1.165) is 0 Å². The molecule has 0 aromatic carbocycles. The van der Waals surface area contributed by atoms with Gasteiger partial charge in [0.05, 0.1) is 6.54 Å². The van der Waals surface area contributed by atoms with Gasteiger partial charge in [0, 0.05) is 7.05 Å². The van der Waals surface area contributed by atoms with E-state index >= 15 is 0 Å². The van der Waals surface area contributed by atoms with Crippen molar-refractivity contribution in [3.05, 3.63) is 0 Å². The second-order valence-corrected chi connectivity index (χ2v) is 2.00. The lowest BCUT2D eigenvalue weighted by Crippen LogP contribution is -2.23. The van der Waals surface area contributed by atoms with Gasteiger partial charge in [0.1, 0.15) is 0 Å². The van der Waals surface area contributed by atoms with Crippen LogP contribution in [0.1, 0.15) is 0 Å². The monoisotopic (exact) mass is 148 g/mol. The van der Waals surface area contributed by atoms with Gasteiger partial charge in [-0.05, 0) is 0 Å². The molecule has 1 unspecified atom stereocenters. The summed E-state index contributed by atoms with van der Waals surface area (Å²) in [6.07, 6.45) is 4.89. The molecule has 0 fully saturated rings. The number of hydrogen-bond donors (Lipinski definition) is 1. The van der Waals surface area contributed by atoms with Gasteiger partial charge in [-0.3, -0.25) is 0 Å². The Morgan fingerprint density at radius 3 is 2.89 bits per heavy atom. The molecule has 0 bridgehead atoms. The van der Waals surface area contributed by atoms with Crippen LogP contribution in [0.2, 0.25) is 0 Å². The normalized spacial score (nSPS) is 13.1. The van der Waals surface area contributed by atoms with Crippen molar-refractivity contribution in [1.29, 1.82) is 0 Å². The average molecular weight is 148 g/mol. The van der Waals surface area contributed by atoms with Crippen molar-refractivity contribution < 1.29 is 8.49 Å². The number of nitrogens with zero attached hydrogens (tertiary/aromatic N) is 1. The molecule has 4 nitrogen and oxygen atoms in total. The third-order valence-corrected chi connectivity index (χ3v) is 0.916. The van der Waals surface area contributed by atoms with Gasteiger partial charge in [-0.2, -0.15) is 9.35 Å². The lowest BCUT2D eigenvalue weighted by atomic mass is 10.7. The molecule has 0 aliphatic carbocycles. The van der Waals surface area contributed by atoms with Gasteiger partial charge in [-0.25, -0.2) is 9.35 Å². The molecule has 9 heavy (non-hydrogen) atoms. The zero-order valence-electron chi connectivity index (χ0n) is 5.03. The van der Waals surface area contributed by atoms with Crippen LogP contribution in [0.5, 0.6) is 0 Å². The fourth-order valence-corrected chi connectivity index (χ4v) is 0.584. The van der Waals surface area contributed by atoms with Gasteiger partial charge in [-0.1, -0.05) is 5.92 Å². The van der Waals surface area contributed by atoms with Crippen molar-refractivity contribution in [2.45, 2.75) is 0 Å². The molecule has 52 valence electrons. The number of rotatable bonds is 3. The molecule has 2 N–H and O–H groups in total. The second-order valence-electron chi connectivity index (χ2n) is 1.33. The van der Waals surface area contributed by atoms with E-state index < -0.39 is 11.3 Å². The van der Waals surface area contributed by atoms with Crippen LogP contribution >= 0.6 is 0 Å². The quantitative estimate of drug-likeness (QED) is 0.413. The van der Waals surface area contributed by atoms with E-state index in [-0.39, 0.29) is 6.54 Å². The first-order chi connectivity index (χ1) is 4.16. The summed E-state index contributed by atoms with van der Waals surface area (Å²) >= 11 is -1.77. The first kappa shape index (κ1) is 8.59. The molecule has 0 saturated heterocycles. The Kier molecular flexibility index (Phi) is 4.26. The maximum Gasteiger partial charge on any atom is 0.249 e. The Hall–Kier alpha value is -0.410. The van der Waals surface area contributed by atoms with Crippen LogP contribution in [0.3, 0.4) is 0 Å². The fourth-order valence-electron chi connectivity index (χ4n) is 0.280. The van der Waals surface area contributed by atoms with Crippen LogP contribution in [-0.4, -0.2) is 22.9 Å². The number of hydroxylamine groups is 2. The lowest BCUT2D eigenvalue weighted by Gasteiger charge is -2.07. The van der Waals surface area contributed by atoms with Gasteiger partial charge >= 0.3 is 0 Å². The van der Waals surface area contributed by atoms with E-state index in [9.17, 15) is 4.21 Å². The number of hydrogen-bond acceptors (Lipinski definition) is 3. The molecule has 0 aromatic rings. The fraction of sp³-hybridized carbons (Fsp3) is 0.500. The summed E-state index contributed by atoms with van der Waals surface area (Å²) in [6, 6.07) is 0. The zero-order valence-corrected chi connectivity index (χ0v) is 5.85. The molecule has 0 aliphatic rings. The highest BCUT2D eigenvalue weighted by Gasteiger charge is 1.96.